The van der Waals surface area contributed by atoms with Gasteiger partial charge in [-0.15, -0.1) is 0 Å². The Morgan fingerprint density at radius 2 is 1.75 bits per heavy atom. The quantitative estimate of drug-likeness (QED) is 0.114. The lowest BCUT2D eigenvalue weighted by atomic mass is 9.91. The molecule has 3 fully saturated rings. The van der Waals surface area contributed by atoms with Gasteiger partial charge in [-0.25, -0.2) is 9.78 Å². The van der Waals surface area contributed by atoms with Crippen LogP contribution < -0.4 is 36.2 Å². The lowest BCUT2D eigenvalue weighted by molar-refractivity contribution is -0.122. The van der Waals surface area contributed by atoms with Crippen LogP contribution in [-0.4, -0.2) is 112 Å². The summed E-state index contributed by atoms with van der Waals surface area (Å²) in [5.74, 6) is 1.54. The Morgan fingerprint density at radius 1 is 0.981 bits per heavy atom. The standard InChI is InChI=1S/C37H48N10O5/c1-3-30(48)43-28-17-29(33(50)32(28)49)47-21-40-31-34(39-19-27(22-7-5-4-6-8-22)23-9-11-26(52-2)12-10-23)44-36(45-35(31)47)46-16-14-25(20-46)42-37(51)41-24-13-15-38-18-24/h4-12,21,24-25,27-29,32-33,38,49-50H,3,13-20H2,1-2H3,(H,43,48)(H,39,44,45)(H2,41,42,51)/t24-,25-,27?,28+,29-,32-,33+/m1/s1. The average Bonchev–Trinajstić information content (AvgIpc) is 3.99. The Hall–Kier alpha value is -4.99. The minimum atomic E-state index is -1.15. The van der Waals surface area contributed by atoms with E-state index in [9.17, 15) is 19.8 Å². The number of carbonyl (C=O) groups is 2. The molecule has 52 heavy (non-hydrogen) atoms. The molecule has 1 aliphatic carbocycles. The zero-order chi connectivity index (χ0) is 36.2. The number of imidazole rings is 1. The van der Waals surface area contributed by atoms with Crippen LogP contribution >= 0.6 is 0 Å². The number of urea groups is 1. The zero-order valence-electron chi connectivity index (χ0n) is 29.5. The highest BCUT2D eigenvalue weighted by Gasteiger charge is 2.44. The Labute approximate surface area is 302 Å². The van der Waals surface area contributed by atoms with E-state index in [1.807, 2.05) is 35.2 Å². The summed E-state index contributed by atoms with van der Waals surface area (Å²) in [6.45, 7) is 5.05. The molecule has 7 atom stereocenters. The Bertz CT molecular complexity index is 1830. The lowest BCUT2D eigenvalue weighted by Gasteiger charge is -2.22. The molecular weight excluding hydrogens is 664 g/mol. The predicted octanol–water partition coefficient (Wildman–Crippen LogP) is 1.88. The van der Waals surface area contributed by atoms with Crippen molar-refractivity contribution in [3.05, 3.63) is 72.1 Å². The maximum absolute atomic E-state index is 12.8. The lowest BCUT2D eigenvalue weighted by Crippen LogP contribution is -2.47. The molecule has 3 aliphatic rings. The van der Waals surface area contributed by atoms with Crippen molar-refractivity contribution >= 4 is 34.9 Å². The van der Waals surface area contributed by atoms with Crippen molar-refractivity contribution in [1.82, 2.24) is 40.8 Å². The number of aromatic nitrogens is 4. The number of carbonyl (C=O) groups excluding carboxylic acids is 2. The smallest absolute Gasteiger partial charge is 0.315 e. The first kappa shape index (κ1) is 35.4. The van der Waals surface area contributed by atoms with Gasteiger partial charge in [0.05, 0.1) is 25.5 Å². The third-order valence-corrected chi connectivity index (χ3v) is 10.5. The summed E-state index contributed by atoms with van der Waals surface area (Å²) in [6.07, 6.45) is 1.52. The van der Waals surface area contributed by atoms with Gasteiger partial charge in [-0.3, -0.25) is 4.79 Å². The summed E-state index contributed by atoms with van der Waals surface area (Å²) in [7, 11) is 1.65. The highest BCUT2D eigenvalue weighted by Crippen LogP contribution is 2.36. The molecule has 3 amide bonds. The van der Waals surface area contributed by atoms with Gasteiger partial charge in [0.2, 0.25) is 11.9 Å². The maximum Gasteiger partial charge on any atom is 0.315 e. The third kappa shape index (κ3) is 7.61. The van der Waals surface area contributed by atoms with Crippen molar-refractivity contribution in [2.45, 2.75) is 74.9 Å². The number of aliphatic hydroxyl groups excluding tert-OH is 2. The third-order valence-electron chi connectivity index (χ3n) is 10.5. The van der Waals surface area contributed by atoms with Gasteiger partial charge in [-0.1, -0.05) is 49.4 Å². The van der Waals surface area contributed by atoms with Gasteiger partial charge in [0, 0.05) is 50.6 Å². The highest BCUT2D eigenvalue weighted by molar-refractivity contribution is 5.85. The van der Waals surface area contributed by atoms with Crippen LogP contribution in [0.5, 0.6) is 5.75 Å². The number of amides is 3. The molecule has 1 unspecified atom stereocenters. The number of fused-ring (bicyclic) bond motifs is 1. The van der Waals surface area contributed by atoms with Crippen molar-refractivity contribution in [3.8, 4) is 5.75 Å². The van der Waals surface area contributed by atoms with Gasteiger partial charge in [0.15, 0.2) is 17.0 Å². The number of nitrogens with zero attached hydrogens (tertiary/aromatic N) is 5. The minimum Gasteiger partial charge on any atom is -0.497 e. The summed E-state index contributed by atoms with van der Waals surface area (Å²) in [5, 5.41) is 38.0. The molecule has 2 aromatic heterocycles. The van der Waals surface area contributed by atoms with E-state index >= 15 is 0 Å². The van der Waals surface area contributed by atoms with Crippen molar-refractivity contribution in [1.29, 1.82) is 0 Å². The molecule has 1 saturated carbocycles. The van der Waals surface area contributed by atoms with Crippen molar-refractivity contribution in [2.24, 2.45) is 0 Å². The van der Waals surface area contributed by atoms with E-state index in [4.69, 9.17) is 19.7 Å². The summed E-state index contributed by atoms with van der Waals surface area (Å²) in [6, 6.07) is 16.9. The van der Waals surface area contributed by atoms with Crippen molar-refractivity contribution < 1.29 is 24.5 Å². The number of benzene rings is 2. The fourth-order valence-corrected chi connectivity index (χ4v) is 7.55. The van der Waals surface area contributed by atoms with E-state index in [1.54, 1.807) is 24.9 Å². The zero-order valence-corrected chi connectivity index (χ0v) is 29.5. The van der Waals surface area contributed by atoms with Gasteiger partial charge >= 0.3 is 6.03 Å². The molecule has 4 heterocycles. The summed E-state index contributed by atoms with van der Waals surface area (Å²) in [4.78, 5) is 41.8. The fourth-order valence-electron chi connectivity index (χ4n) is 7.55. The molecule has 15 nitrogen and oxygen atoms in total. The van der Waals surface area contributed by atoms with E-state index < -0.39 is 24.3 Å². The van der Waals surface area contributed by atoms with Gasteiger partial charge in [-0.05, 0) is 49.1 Å². The molecule has 4 aromatic rings. The summed E-state index contributed by atoms with van der Waals surface area (Å²) in [5.41, 5.74) is 3.24. The molecule has 276 valence electrons. The van der Waals surface area contributed by atoms with Crippen LogP contribution in [0.4, 0.5) is 16.6 Å². The van der Waals surface area contributed by atoms with E-state index in [2.05, 4.69) is 50.8 Å². The van der Waals surface area contributed by atoms with Gasteiger partial charge in [0.25, 0.3) is 0 Å². The second kappa shape index (κ2) is 15.7. The fraction of sp³-hybridized carbons (Fsp3) is 0.486. The Balaban J connectivity index is 1.19. The summed E-state index contributed by atoms with van der Waals surface area (Å²) < 4.78 is 7.19. The molecule has 7 N–H and O–H groups in total. The molecule has 2 saturated heterocycles. The van der Waals surface area contributed by atoms with Crippen LogP contribution in [0.3, 0.4) is 0 Å². The molecule has 2 aromatic carbocycles. The molecular formula is C37H48N10O5. The molecule has 0 spiro atoms. The first-order valence-electron chi connectivity index (χ1n) is 18.2. The number of nitrogens with one attached hydrogen (secondary N) is 5. The van der Waals surface area contributed by atoms with Gasteiger partial charge in [0.1, 0.15) is 18.0 Å². The highest BCUT2D eigenvalue weighted by atomic mass is 16.5. The predicted molar refractivity (Wildman–Crippen MR) is 197 cm³/mol. The van der Waals surface area contributed by atoms with E-state index in [-0.39, 0.29) is 36.4 Å². The second-order valence-electron chi connectivity index (χ2n) is 13.9. The van der Waals surface area contributed by atoms with Crippen LogP contribution in [0.1, 0.15) is 55.7 Å². The van der Waals surface area contributed by atoms with E-state index in [0.29, 0.717) is 49.0 Å². The van der Waals surface area contributed by atoms with Crippen LogP contribution in [-0.2, 0) is 4.79 Å². The summed E-state index contributed by atoms with van der Waals surface area (Å²) >= 11 is 0. The van der Waals surface area contributed by atoms with Crippen molar-refractivity contribution in [3.63, 3.8) is 0 Å². The second-order valence-corrected chi connectivity index (χ2v) is 13.9. The topological polar surface area (TPSA) is 191 Å². The van der Waals surface area contributed by atoms with Crippen LogP contribution in [0.2, 0.25) is 0 Å². The van der Waals surface area contributed by atoms with E-state index in [0.717, 1.165) is 42.8 Å². The van der Waals surface area contributed by atoms with Crippen LogP contribution in [0, 0.1) is 0 Å². The maximum atomic E-state index is 12.8. The number of rotatable bonds is 12. The van der Waals surface area contributed by atoms with E-state index in [1.165, 1.54) is 0 Å². The normalized spacial score (nSPS) is 24.9. The Morgan fingerprint density at radius 3 is 2.48 bits per heavy atom. The SMILES string of the molecule is CCC(=O)N[C@H]1C[C@@H](n2cnc3c(NCC(c4ccccc4)c4ccc(OC)cc4)nc(N4CC[C@@H](NC(=O)N[C@@H]5CCNC5)C4)nc32)[C@H](O)[C@@H]1O. The number of anilines is 2. The number of hydrogen-bond acceptors (Lipinski definition) is 11. The van der Waals surface area contributed by atoms with Gasteiger partial charge in [-0.2, -0.15) is 9.97 Å². The number of hydrogen-bond donors (Lipinski definition) is 7. The number of ether oxygens (including phenoxy) is 1. The number of aliphatic hydroxyl groups is 2. The molecule has 7 rings (SSSR count). The van der Waals surface area contributed by atoms with Gasteiger partial charge < -0.3 is 51.0 Å². The molecule has 0 radical (unpaired) electrons. The first-order chi connectivity index (χ1) is 25.3. The minimum absolute atomic E-state index is 0.0358. The molecule has 0 bridgehead atoms. The largest absolute Gasteiger partial charge is 0.497 e. The molecule has 2 aliphatic heterocycles. The van der Waals surface area contributed by atoms with Crippen molar-refractivity contribution in [2.75, 3.05) is 50.1 Å². The average molecular weight is 713 g/mol. The number of methoxy groups -OCH3 is 1. The van der Waals surface area contributed by atoms with Crippen LogP contribution in [0.15, 0.2) is 60.9 Å². The first-order valence-corrected chi connectivity index (χ1v) is 18.2. The Kier molecular flexibility index (Phi) is 10.7. The van der Waals surface area contributed by atoms with Crippen LogP contribution in [0.25, 0.3) is 11.2 Å². The molecule has 15 heteroatoms. The monoisotopic (exact) mass is 712 g/mol.